The van der Waals surface area contributed by atoms with Gasteiger partial charge in [0.25, 0.3) is 0 Å². The molecular formula is C30H23N2+. The van der Waals surface area contributed by atoms with E-state index in [0.717, 1.165) is 5.69 Å². The molecule has 0 aliphatic heterocycles. The molecule has 0 aliphatic carbocycles. The van der Waals surface area contributed by atoms with E-state index in [0.29, 0.717) is 0 Å². The molecule has 0 bridgehead atoms. The number of benzene rings is 5. The Hall–Kier alpha value is -4.17. The van der Waals surface area contributed by atoms with E-state index in [1.54, 1.807) is 0 Å². The van der Waals surface area contributed by atoms with E-state index in [4.69, 9.17) is 0 Å². The van der Waals surface area contributed by atoms with Crippen molar-refractivity contribution in [2.24, 2.45) is 7.05 Å². The standard InChI is InChI=1S/C30H23N2/c1-31-18-19-32(21-31)24-16-17-27-28(20-24)30(23-12-6-3-7-13-23)26-15-9-8-14-25(26)29(27)22-10-4-2-5-11-22/h2-21H,1H3/q+1. The van der Waals surface area contributed by atoms with E-state index in [1.807, 2.05) is 7.05 Å². The number of fused-ring (bicyclic) bond motifs is 2. The quantitative estimate of drug-likeness (QED) is 0.220. The van der Waals surface area contributed by atoms with Crippen LogP contribution < -0.4 is 4.57 Å². The number of hydrogen-bond acceptors (Lipinski definition) is 0. The van der Waals surface area contributed by atoms with E-state index in [1.165, 1.54) is 43.8 Å². The summed E-state index contributed by atoms with van der Waals surface area (Å²) in [5.41, 5.74) is 6.22. The highest BCUT2D eigenvalue weighted by atomic mass is 15.1. The molecule has 0 unspecified atom stereocenters. The van der Waals surface area contributed by atoms with Crippen LogP contribution in [0.2, 0.25) is 0 Å². The summed E-state index contributed by atoms with van der Waals surface area (Å²) in [5, 5.41) is 5.10. The van der Waals surface area contributed by atoms with Gasteiger partial charge in [-0.05, 0) is 62.0 Å². The van der Waals surface area contributed by atoms with E-state index in [-0.39, 0.29) is 0 Å². The zero-order chi connectivity index (χ0) is 21.5. The first-order chi connectivity index (χ1) is 15.8. The van der Waals surface area contributed by atoms with E-state index in [9.17, 15) is 0 Å². The van der Waals surface area contributed by atoms with Gasteiger partial charge in [-0.2, -0.15) is 0 Å². The molecular weight excluding hydrogens is 388 g/mol. The third-order valence-corrected chi connectivity index (χ3v) is 6.20. The number of aryl methyl sites for hydroxylation is 1. The Balaban J connectivity index is 1.79. The van der Waals surface area contributed by atoms with Gasteiger partial charge in [-0.3, -0.25) is 0 Å². The smallest absolute Gasteiger partial charge is 0.239 e. The van der Waals surface area contributed by atoms with Crippen molar-refractivity contribution >= 4 is 21.5 Å². The summed E-state index contributed by atoms with van der Waals surface area (Å²) in [5.74, 6) is 0. The van der Waals surface area contributed by atoms with Gasteiger partial charge >= 0.3 is 0 Å². The Morgan fingerprint density at radius 2 is 1.09 bits per heavy atom. The predicted octanol–water partition coefficient (Wildman–Crippen LogP) is 6.94. The van der Waals surface area contributed by atoms with Gasteiger partial charge < -0.3 is 0 Å². The van der Waals surface area contributed by atoms with Gasteiger partial charge in [0.15, 0.2) is 0 Å². The molecule has 2 heteroatoms. The van der Waals surface area contributed by atoms with Crippen LogP contribution in [-0.4, -0.2) is 4.57 Å². The molecule has 0 spiro atoms. The Bertz CT molecular complexity index is 1560. The lowest BCUT2D eigenvalue weighted by Crippen LogP contribution is -2.23. The van der Waals surface area contributed by atoms with Gasteiger partial charge in [-0.1, -0.05) is 84.9 Å². The van der Waals surface area contributed by atoms with Crippen molar-refractivity contribution in [3.63, 3.8) is 0 Å². The highest BCUT2D eigenvalue weighted by molar-refractivity contribution is 6.21. The van der Waals surface area contributed by atoms with Crippen LogP contribution in [0.5, 0.6) is 0 Å². The highest BCUT2D eigenvalue weighted by Crippen LogP contribution is 2.43. The first-order valence-corrected chi connectivity index (χ1v) is 10.9. The fraction of sp³-hybridized carbons (Fsp3) is 0.0333. The van der Waals surface area contributed by atoms with Gasteiger partial charge in [-0.25, -0.2) is 9.13 Å². The molecule has 6 rings (SSSR count). The minimum absolute atomic E-state index is 1.16. The number of imidazole rings is 1. The first-order valence-electron chi connectivity index (χ1n) is 10.9. The third-order valence-electron chi connectivity index (χ3n) is 6.20. The lowest BCUT2D eigenvalue weighted by molar-refractivity contribution is -0.670. The van der Waals surface area contributed by atoms with Crippen molar-refractivity contribution in [1.82, 2.24) is 4.57 Å². The molecule has 0 radical (unpaired) electrons. The molecule has 152 valence electrons. The predicted molar refractivity (Wildman–Crippen MR) is 133 cm³/mol. The summed E-state index contributed by atoms with van der Waals surface area (Å²) in [4.78, 5) is 0. The molecule has 1 heterocycles. The minimum Gasteiger partial charge on any atom is -0.239 e. The molecule has 0 aliphatic rings. The maximum absolute atomic E-state index is 2.33. The number of nitrogens with zero attached hydrogens (tertiary/aromatic N) is 2. The molecule has 0 saturated carbocycles. The number of rotatable bonds is 3. The largest absolute Gasteiger partial charge is 0.248 e. The van der Waals surface area contributed by atoms with Gasteiger partial charge in [0.2, 0.25) is 6.33 Å². The molecule has 2 nitrogen and oxygen atoms in total. The number of hydrogen-bond donors (Lipinski definition) is 0. The maximum atomic E-state index is 2.33. The normalized spacial score (nSPS) is 11.3. The summed E-state index contributed by atoms with van der Waals surface area (Å²) in [6.45, 7) is 0. The SMILES string of the molecule is C[n+]1ccn(-c2ccc3c(-c4ccccc4)c4ccccc4c(-c4ccccc4)c3c2)c1. The van der Waals surface area contributed by atoms with Crippen molar-refractivity contribution in [1.29, 1.82) is 0 Å². The molecule has 0 atom stereocenters. The molecule has 0 fully saturated rings. The van der Waals surface area contributed by atoms with Crippen LogP contribution in [0.25, 0.3) is 49.5 Å². The van der Waals surface area contributed by atoms with Crippen LogP contribution in [0.3, 0.4) is 0 Å². The average Bonchev–Trinajstić information content (AvgIpc) is 3.29. The maximum Gasteiger partial charge on any atom is 0.248 e. The summed E-state index contributed by atoms with van der Waals surface area (Å²) in [7, 11) is 2.05. The van der Waals surface area contributed by atoms with Crippen LogP contribution in [0.15, 0.2) is 122 Å². The van der Waals surface area contributed by atoms with Crippen molar-refractivity contribution in [2.75, 3.05) is 0 Å². The zero-order valence-corrected chi connectivity index (χ0v) is 17.9. The second kappa shape index (κ2) is 7.51. The second-order valence-corrected chi connectivity index (χ2v) is 8.24. The fourth-order valence-electron chi connectivity index (χ4n) is 4.76. The summed E-state index contributed by atoms with van der Waals surface area (Å²) in [6, 6.07) is 37.1. The lowest BCUT2D eigenvalue weighted by atomic mass is 9.86. The average molecular weight is 412 g/mol. The summed E-state index contributed by atoms with van der Waals surface area (Å²) < 4.78 is 4.24. The number of aromatic nitrogens is 2. The zero-order valence-electron chi connectivity index (χ0n) is 17.9. The van der Waals surface area contributed by atoms with E-state index < -0.39 is 0 Å². The van der Waals surface area contributed by atoms with E-state index in [2.05, 4.69) is 131 Å². The summed E-state index contributed by atoms with van der Waals surface area (Å²) >= 11 is 0. The van der Waals surface area contributed by atoms with Gasteiger partial charge in [0.1, 0.15) is 18.1 Å². The molecule has 0 saturated heterocycles. The Morgan fingerprint density at radius 3 is 1.66 bits per heavy atom. The van der Waals surface area contributed by atoms with Crippen LogP contribution in [0, 0.1) is 0 Å². The summed E-state index contributed by atoms with van der Waals surface area (Å²) in [6.07, 6.45) is 6.27. The highest BCUT2D eigenvalue weighted by Gasteiger charge is 2.18. The Kier molecular flexibility index (Phi) is 4.36. The van der Waals surface area contributed by atoms with Gasteiger partial charge in [0.05, 0.1) is 7.05 Å². The van der Waals surface area contributed by atoms with Crippen molar-refractivity contribution in [3.05, 3.63) is 122 Å². The minimum atomic E-state index is 1.16. The van der Waals surface area contributed by atoms with Crippen molar-refractivity contribution < 1.29 is 4.57 Å². The van der Waals surface area contributed by atoms with Crippen molar-refractivity contribution in [2.45, 2.75) is 0 Å². The molecule has 0 N–H and O–H groups in total. The Labute approximate surface area is 187 Å². The Morgan fingerprint density at radius 1 is 0.562 bits per heavy atom. The van der Waals surface area contributed by atoms with Gasteiger partial charge in [0, 0.05) is 0 Å². The molecule has 1 aromatic heterocycles. The monoisotopic (exact) mass is 411 g/mol. The van der Waals surface area contributed by atoms with Crippen LogP contribution in [0.1, 0.15) is 0 Å². The van der Waals surface area contributed by atoms with Crippen LogP contribution in [-0.2, 0) is 7.05 Å². The van der Waals surface area contributed by atoms with Gasteiger partial charge in [-0.15, -0.1) is 0 Å². The second-order valence-electron chi connectivity index (χ2n) is 8.24. The van der Waals surface area contributed by atoms with Crippen LogP contribution in [0.4, 0.5) is 0 Å². The molecule has 0 amide bonds. The van der Waals surface area contributed by atoms with Crippen molar-refractivity contribution in [3.8, 4) is 27.9 Å². The first kappa shape index (κ1) is 18.6. The molecule has 32 heavy (non-hydrogen) atoms. The lowest BCUT2D eigenvalue weighted by Gasteiger charge is -2.18. The third kappa shape index (κ3) is 3.00. The molecule has 6 aromatic rings. The van der Waals surface area contributed by atoms with Crippen LogP contribution >= 0.6 is 0 Å². The topological polar surface area (TPSA) is 8.81 Å². The molecule has 5 aromatic carbocycles. The van der Waals surface area contributed by atoms with E-state index >= 15 is 0 Å². The fourth-order valence-corrected chi connectivity index (χ4v) is 4.76.